The predicted molar refractivity (Wildman–Crippen MR) is 89.7 cm³/mol. The molecular weight excluding hydrogens is 272 g/mol. The Morgan fingerprint density at radius 1 is 1.18 bits per heavy atom. The molecule has 1 N–H and O–H groups in total. The van der Waals surface area contributed by atoms with Crippen molar-refractivity contribution >= 4 is 0 Å². The van der Waals surface area contributed by atoms with E-state index in [9.17, 15) is 0 Å². The van der Waals surface area contributed by atoms with Crippen molar-refractivity contribution < 1.29 is 0 Å². The van der Waals surface area contributed by atoms with Crippen LogP contribution in [0.3, 0.4) is 0 Å². The highest BCUT2D eigenvalue weighted by Gasteiger charge is 2.22. The molecule has 0 bridgehead atoms. The fourth-order valence-electron chi connectivity index (χ4n) is 3.24. The largest absolute Gasteiger partial charge is 0.305 e. The van der Waals surface area contributed by atoms with Gasteiger partial charge in [0.1, 0.15) is 0 Å². The molecule has 1 atom stereocenters. The van der Waals surface area contributed by atoms with Gasteiger partial charge in [-0.1, -0.05) is 37.3 Å². The molecule has 1 aromatic heterocycles. The molecule has 3 rings (SSSR count). The number of nitrogens with zero attached hydrogens (tertiary/aromatic N) is 3. The molecule has 0 aliphatic carbocycles. The third-order valence-electron chi connectivity index (χ3n) is 4.60. The SMILES string of the molecule is CCN1CCC(N[C@@H](Cn2cccn2)c2ccccc2)CC1. The van der Waals surface area contributed by atoms with Gasteiger partial charge in [-0.25, -0.2) is 0 Å². The Kier molecular flexibility index (Phi) is 5.24. The summed E-state index contributed by atoms with van der Waals surface area (Å²) in [5.74, 6) is 0. The first-order valence-electron chi connectivity index (χ1n) is 8.36. The third kappa shape index (κ3) is 3.96. The Hall–Kier alpha value is -1.65. The molecule has 4 heteroatoms. The molecule has 22 heavy (non-hydrogen) atoms. The fourth-order valence-corrected chi connectivity index (χ4v) is 3.24. The van der Waals surface area contributed by atoms with E-state index >= 15 is 0 Å². The molecule has 0 spiro atoms. The van der Waals surface area contributed by atoms with Crippen LogP contribution in [0, 0.1) is 0 Å². The van der Waals surface area contributed by atoms with E-state index < -0.39 is 0 Å². The van der Waals surface area contributed by atoms with E-state index in [1.807, 2.05) is 23.1 Å². The van der Waals surface area contributed by atoms with Crippen LogP contribution in [0.15, 0.2) is 48.8 Å². The molecule has 0 radical (unpaired) electrons. The summed E-state index contributed by atoms with van der Waals surface area (Å²) in [5, 5.41) is 8.24. The number of hydrogen-bond donors (Lipinski definition) is 1. The number of nitrogens with one attached hydrogen (secondary N) is 1. The maximum absolute atomic E-state index is 4.37. The summed E-state index contributed by atoms with van der Waals surface area (Å²) in [5.41, 5.74) is 1.34. The van der Waals surface area contributed by atoms with Gasteiger partial charge >= 0.3 is 0 Å². The maximum atomic E-state index is 4.37. The molecule has 1 fully saturated rings. The van der Waals surface area contributed by atoms with Gasteiger partial charge in [-0.2, -0.15) is 5.10 Å². The van der Waals surface area contributed by atoms with Crippen LogP contribution in [0.4, 0.5) is 0 Å². The zero-order valence-corrected chi connectivity index (χ0v) is 13.4. The van der Waals surface area contributed by atoms with Crippen LogP contribution in [0.25, 0.3) is 0 Å². The van der Waals surface area contributed by atoms with E-state index in [0.717, 1.165) is 6.54 Å². The van der Waals surface area contributed by atoms with Gasteiger partial charge in [0, 0.05) is 18.4 Å². The minimum Gasteiger partial charge on any atom is -0.305 e. The van der Waals surface area contributed by atoms with E-state index in [4.69, 9.17) is 0 Å². The molecule has 1 aromatic carbocycles. The van der Waals surface area contributed by atoms with Crippen molar-refractivity contribution in [3.05, 3.63) is 54.4 Å². The first kappa shape index (κ1) is 15.3. The summed E-state index contributed by atoms with van der Waals surface area (Å²) in [6, 6.07) is 13.6. The first-order chi connectivity index (χ1) is 10.8. The molecule has 118 valence electrons. The number of benzene rings is 1. The average molecular weight is 298 g/mol. The Balaban J connectivity index is 1.66. The van der Waals surface area contributed by atoms with Gasteiger partial charge in [0.05, 0.1) is 12.6 Å². The summed E-state index contributed by atoms with van der Waals surface area (Å²) < 4.78 is 2.02. The summed E-state index contributed by atoms with van der Waals surface area (Å²) in [7, 11) is 0. The van der Waals surface area contributed by atoms with Gasteiger partial charge in [-0.3, -0.25) is 4.68 Å². The van der Waals surface area contributed by atoms with Crippen LogP contribution in [0.5, 0.6) is 0 Å². The standard InChI is InChI=1S/C18H26N4/c1-2-21-13-9-17(10-14-21)20-18(15-22-12-6-11-19-22)16-7-4-3-5-8-16/h3-8,11-12,17-18,20H,2,9-10,13-15H2,1H3/t18-/m0/s1. The summed E-state index contributed by atoms with van der Waals surface area (Å²) in [6.45, 7) is 6.71. The van der Waals surface area contributed by atoms with Gasteiger partial charge in [-0.05, 0) is 44.1 Å². The number of hydrogen-bond acceptors (Lipinski definition) is 3. The number of piperidine rings is 1. The van der Waals surface area contributed by atoms with Crippen LogP contribution in [0.1, 0.15) is 31.4 Å². The molecule has 0 amide bonds. The summed E-state index contributed by atoms with van der Waals surface area (Å²) in [6.07, 6.45) is 6.35. The normalized spacial score (nSPS) is 18.4. The minimum atomic E-state index is 0.319. The lowest BCUT2D eigenvalue weighted by molar-refractivity contribution is 0.195. The third-order valence-corrected chi connectivity index (χ3v) is 4.60. The van der Waals surface area contributed by atoms with E-state index in [1.54, 1.807) is 0 Å². The van der Waals surface area contributed by atoms with Crippen LogP contribution >= 0.6 is 0 Å². The lowest BCUT2D eigenvalue weighted by Crippen LogP contribution is -2.44. The maximum Gasteiger partial charge on any atom is 0.0604 e. The van der Waals surface area contributed by atoms with Crippen molar-refractivity contribution in [1.29, 1.82) is 0 Å². The number of aromatic nitrogens is 2. The van der Waals surface area contributed by atoms with E-state index in [2.05, 4.69) is 52.6 Å². The van der Waals surface area contributed by atoms with Crippen LogP contribution in [-0.4, -0.2) is 40.4 Å². The highest BCUT2D eigenvalue weighted by Crippen LogP contribution is 2.19. The van der Waals surface area contributed by atoms with Crippen molar-refractivity contribution in [2.24, 2.45) is 0 Å². The van der Waals surface area contributed by atoms with Gasteiger partial charge in [0.15, 0.2) is 0 Å². The molecule has 1 saturated heterocycles. The molecular formula is C18H26N4. The van der Waals surface area contributed by atoms with Gasteiger partial charge in [0.2, 0.25) is 0 Å². The lowest BCUT2D eigenvalue weighted by Gasteiger charge is -2.34. The summed E-state index contributed by atoms with van der Waals surface area (Å²) in [4.78, 5) is 2.53. The highest BCUT2D eigenvalue weighted by atomic mass is 15.3. The number of rotatable bonds is 6. The first-order valence-corrected chi connectivity index (χ1v) is 8.36. The van der Waals surface area contributed by atoms with Gasteiger partial charge in [-0.15, -0.1) is 0 Å². The van der Waals surface area contributed by atoms with Crippen LogP contribution in [0.2, 0.25) is 0 Å². The monoisotopic (exact) mass is 298 g/mol. The molecule has 2 heterocycles. The second kappa shape index (κ2) is 7.56. The Morgan fingerprint density at radius 2 is 1.95 bits per heavy atom. The Labute approximate surface area is 133 Å². The quantitative estimate of drug-likeness (QED) is 0.890. The predicted octanol–water partition coefficient (Wildman–Crippen LogP) is 2.70. The fraction of sp³-hybridized carbons (Fsp3) is 0.500. The van der Waals surface area contributed by atoms with E-state index in [-0.39, 0.29) is 0 Å². The van der Waals surface area contributed by atoms with E-state index in [0.29, 0.717) is 12.1 Å². The molecule has 0 saturated carbocycles. The Morgan fingerprint density at radius 3 is 2.59 bits per heavy atom. The molecule has 0 unspecified atom stereocenters. The lowest BCUT2D eigenvalue weighted by atomic mass is 10.0. The molecule has 2 aromatic rings. The smallest absolute Gasteiger partial charge is 0.0604 e. The summed E-state index contributed by atoms with van der Waals surface area (Å²) >= 11 is 0. The second-order valence-electron chi connectivity index (χ2n) is 6.07. The molecule has 1 aliphatic rings. The van der Waals surface area contributed by atoms with Crippen molar-refractivity contribution in [2.45, 2.75) is 38.4 Å². The number of likely N-dealkylation sites (tertiary alicyclic amines) is 1. The van der Waals surface area contributed by atoms with Gasteiger partial charge < -0.3 is 10.2 Å². The van der Waals surface area contributed by atoms with E-state index in [1.165, 1.54) is 38.0 Å². The molecule has 1 aliphatic heterocycles. The Bertz CT molecular complexity index is 529. The van der Waals surface area contributed by atoms with Crippen molar-refractivity contribution in [2.75, 3.05) is 19.6 Å². The second-order valence-corrected chi connectivity index (χ2v) is 6.07. The topological polar surface area (TPSA) is 33.1 Å². The van der Waals surface area contributed by atoms with Crippen molar-refractivity contribution in [3.63, 3.8) is 0 Å². The van der Waals surface area contributed by atoms with Crippen molar-refractivity contribution in [3.8, 4) is 0 Å². The highest BCUT2D eigenvalue weighted by molar-refractivity contribution is 5.19. The van der Waals surface area contributed by atoms with Crippen LogP contribution < -0.4 is 5.32 Å². The zero-order valence-electron chi connectivity index (χ0n) is 13.4. The average Bonchev–Trinajstić information content (AvgIpc) is 3.09. The van der Waals surface area contributed by atoms with Crippen LogP contribution in [-0.2, 0) is 6.54 Å². The van der Waals surface area contributed by atoms with Crippen molar-refractivity contribution in [1.82, 2.24) is 20.0 Å². The zero-order chi connectivity index (χ0) is 15.2. The minimum absolute atomic E-state index is 0.319. The van der Waals surface area contributed by atoms with Gasteiger partial charge in [0.25, 0.3) is 0 Å². The molecule has 4 nitrogen and oxygen atoms in total.